The lowest BCUT2D eigenvalue weighted by molar-refractivity contribution is 0.114. The highest BCUT2D eigenvalue weighted by atomic mass is 127. The Morgan fingerprint density at radius 2 is 2.32 bits per heavy atom. The maximum atomic E-state index is 13.8. The summed E-state index contributed by atoms with van der Waals surface area (Å²) in [7, 11) is 1.75. The van der Waals surface area contributed by atoms with Crippen molar-refractivity contribution in [3.8, 4) is 0 Å². The number of nitrogens with one attached hydrogen (secondary N) is 2. The molecule has 1 fully saturated rings. The average Bonchev–Trinajstić information content (AvgIpc) is 3.02. The van der Waals surface area contributed by atoms with E-state index in [9.17, 15) is 4.39 Å². The smallest absolute Gasteiger partial charge is 0.191 e. The minimum Gasteiger partial charge on any atom is -0.379 e. The van der Waals surface area contributed by atoms with Crippen LogP contribution in [0.2, 0.25) is 0 Å². The molecule has 1 saturated heterocycles. The lowest BCUT2D eigenvalue weighted by Gasteiger charge is -2.20. The fourth-order valence-corrected chi connectivity index (χ4v) is 2.63. The van der Waals surface area contributed by atoms with Crippen molar-refractivity contribution in [3.05, 3.63) is 24.1 Å². The van der Waals surface area contributed by atoms with E-state index in [4.69, 9.17) is 4.74 Å². The fourth-order valence-electron chi connectivity index (χ4n) is 2.63. The van der Waals surface area contributed by atoms with E-state index in [1.165, 1.54) is 6.07 Å². The third kappa shape index (κ3) is 7.31. The van der Waals surface area contributed by atoms with Crippen LogP contribution >= 0.6 is 24.0 Å². The van der Waals surface area contributed by atoms with Gasteiger partial charge in [-0.05, 0) is 24.5 Å². The quantitative estimate of drug-likeness (QED) is 0.280. The van der Waals surface area contributed by atoms with Crippen LogP contribution in [0.4, 0.5) is 10.2 Å². The summed E-state index contributed by atoms with van der Waals surface area (Å²) in [6, 6.07) is 3.27. The number of pyridine rings is 1. The van der Waals surface area contributed by atoms with Crippen molar-refractivity contribution in [2.45, 2.75) is 26.3 Å². The van der Waals surface area contributed by atoms with Crippen LogP contribution in [0.5, 0.6) is 0 Å². The molecule has 1 unspecified atom stereocenters. The van der Waals surface area contributed by atoms with Crippen molar-refractivity contribution in [2.75, 3.05) is 44.8 Å². The molecule has 6 nitrogen and oxygen atoms in total. The highest BCUT2D eigenvalue weighted by Crippen LogP contribution is 2.20. The minimum absolute atomic E-state index is 0. The van der Waals surface area contributed by atoms with Gasteiger partial charge < -0.3 is 20.3 Å². The Balaban J connectivity index is 0.00000312. The van der Waals surface area contributed by atoms with E-state index in [1.54, 1.807) is 19.3 Å². The SMILES string of the molecule is CN=C(NCCOCC(C)C)NC1CCN(c2ncccc2F)C1.I. The fraction of sp³-hybridized carbons (Fsp3) is 0.647. The molecule has 25 heavy (non-hydrogen) atoms. The Morgan fingerprint density at radius 3 is 3.00 bits per heavy atom. The van der Waals surface area contributed by atoms with E-state index in [0.717, 1.165) is 25.5 Å². The summed E-state index contributed by atoms with van der Waals surface area (Å²) < 4.78 is 19.4. The van der Waals surface area contributed by atoms with Gasteiger partial charge in [0.15, 0.2) is 17.6 Å². The standard InChI is InChI=1S/C17H28FN5O.HI/c1-13(2)12-24-10-8-21-17(19-3)22-14-6-9-23(11-14)16-15(18)5-4-7-20-16;/h4-5,7,13-14H,6,8-12H2,1-3H3,(H2,19,21,22);1H. The van der Waals surface area contributed by atoms with Gasteiger partial charge in [0.2, 0.25) is 0 Å². The first-order valence-electron chi connectivity index (χ1n) is 8.50. The molecule has 0 saturated carbocycles. The Bertz CT molecular complexity index is 544. The Kier molecular flexibility index (Phi) is 10.0. The zero-order valence-corrected chi connectivity index (χ0v) is 17.5. The molecule has 0 radical (unpaired) electrons. The van der Waals surface area contributed by atoms with E-state index < -0.39 is 0 Å². The van der Waals surface area contributed by atoms with Crippen molar-refractivity contribution in [1.29, 1.82) is 0 Å². The topological polar surface area (TPSA) is 61.8 Å². The largest absolute Gasteiger partial charge is 0.379 e. The number of guanidine groups is 1. The van der Waals surface area contributed by atoms with Gasteiger partial charge in [-0.15, -0.1) is 24.0 Å². The molecule has 0 spiro atoms. The monoisotopic (exact) mass is 465 g/mol. The summed E-state index contributed by atoms with van der Waals surface area (Å²) in [6.45, 7) is 7.86. The minimum atomic E-state index is -0.275. The molecule has 0 aromatic carbocycles. The number of halogens is 2. The van der Waals surface area contributed by atoms with Gasteiger partial charge in [-0.3, -0.25) is 4.99 Å². The van der Waals surface area contributed by atoms with Crippen molar-refractivity contribution >= 4 is 35.8 Å². The molecule has 1 atom stereocenters. The highest BCUT2D eigenvalue weighted by molar-refractivity contribution is 14.0. The van der Waals surface area contributed by atoms with Crippen molar-refractivity contribution in [3.63, 3.8) is 0 Å². The lowest BCUT2D eigenvalue weighted by Crippen LogP contribution is -2.45. The number of anilines is 1. The third-order valence-electron chi connectivity index (χ3n) is 3.78. The molecule has 0 aliphatic carbocycles. The van der Waals surface area contributed by atoms with Crippen LogP contribution in [0.1, 0.15) is 20.3 Å². The summed E-state index contributed by atoms with van der Waals surface area (Å²) in [5.41, 5.74) is 0. The number of hydrogen-bond donors (Lipinski definition) is 2. The van der Waals surface area contributed by atoms with Gasteiger partial charge in [-0.2, -0.15) is 0 Å². The second-order valence-corrected chi connectivity index (χ2v) is 6.35. The zero-order valence-electron chi connectivity index (χ0n) is 15.2. The Morgan fingerprint density at radius 1 is 1.52 bits per heavy atom. The summed E-state index contributed by atoms with van der Waals surface area (Å²) in [6.07, 6.45) is 2.54. The van der Waals surface area contributed by atoms with Crippen LogP contribution < -0.4 is 15.5 Å². The van der Waals surface area contributed by atoms with Crippen LogP contribution in [0.3, 0.4) is 0 Å². The molecule has 0 bridgehead atoms. The average molecular weight is 465 g/mol. The zero-order chi connectivity index (χ0) is 17.4. The van der Waals surface area contributed by atoms with Crippen molar-refractivity contribution in [2.24, 2.45) is 10.9 Å². The van der Waals surface area contributed by atoms with Gasteiger partial charge in [0, 0.05) is 45.5 Å². The molecular weight excluding hydrogens is 436 g/mol. The first-order chi connectivity index (χ1) is 11.6. The molecule has 1 aromatic rings. The maximum absolute atomic E-state index is 13.8. The molecule has 142 valence electrons. The summed E-state index contributed by atoms with van der Waals surface area (Å²) in [5.74, 6) is 1.44. The molecule has 8 heteroatoms. The normalized spacial score (nSPS) is 17.6. The predicted octanol–water partition coefficient (Wildman–Crippen LogP) is 2.26. The summed E-state index contributed by atoms with van der Waals surface area (Å²) >= 11 is 0. The molecule has 2 rings (SSSR count). The number of aliphatic imine (C=N–C) groups is 1. The first-order valence-corrected chi connectivity index (χ1v) is 8.50. The molecule has 1 aliphatic rings. The van der Waals surface area contributed by atoms with E-state index >= 15 is 0 Å². The maximum Gasteiger partial charge on any atom is 0.191 e. The van der Waals surface area contributed by atoms with E-state index in [-0.39, 0.29) is 35.8 Å². The number of ether oxygens (including phenoxy) is 1. The van der Waals surface area contributed by atoms with Gasteiger partial charge in [-0.25, -0.2) is 9.37 Å². The summed E-state index contributed by atoms with van der Waals surface area (Å²) in [4.78, 5) is 10.3. The third-order valence-corrected chi connectivity index (χ3v) is 3.78. The van der Waals surface area contributed by atoms with Gasteiger partial charge in [0.1, 0.15) is 0 Å². The van der Waals surface area contributed by atoms with E-state index in [2.05, 4.69) is 34.5 Å². The van der Waals surface area contributed by atoms with Gasteiger partial charge >= 0.3 is 0 Å². The first kappa shape index (κ1) is 21.9. The molecule has 1 aliphatic heterocycles. The molecule has 2 heterocycles. The van der Waals surface area contributed by atoms with E-state index in [0.29, 0.717) is 31.4 Å². The van der Waals surface area contributed by atoms with Crippen LogP contribution in [0, 0.1) is 11.7 Å². The number of rotatable bonds is 7. The van der Waals surface area contributed by atoms with Crippen LogP contribution in [0.15, 0.2) is 23.3 Å². The molecule has 0 amide bonds. The van der Waals surface area contributed by atoms with Crippen LogP contribution in [-0.2, 0) is 4.74 Å². The number of aromatic nitrogens is 1. The molecule has 1 aromatic heterocycles. The number of nitrogens with zero attached hydrogens (tertiary/aromatic N) is 3. The van der Waals surface area contributed by atoms with Gasteiger partial charge in [0.05, 0.1) is 6.61 Å². The summed E-state index contributed by atoms with van der Waals surface area (Å²) in [5, 5.41) is 6.62. The van der Waals surface area contributed by atoms with Crippen molar-refractivity contribution in [1.82, 2.24) is 15.6 Å². The van der Waals surface area contributed by atoms with E-state index in [1.807, 2.05) is 4.90 Å². The van der Waals surface area contributed by atoms with Gasteiger partial charge in [0.25, 0.3) is 0 Å². The van der Waals surface area contributed by atoms with Crippen molar-refractivity contribution < 1.29 is 9.13 Å². The second kappa shape index (κ2) is 11.5. The number of hydrogen-bond acceptors (Lipinski definition) is 4. The molecule has 2 N–H and O–H groups in total. The molecular formula is C17H29FIN5O. The second-order valence-electron chi connectivity index (χ2n) is 6.35. The lowest BCUT2D eigenvalue weighted by atomic mass is 10.2. The van der Waals surface area contributed by atoms with Crippen LogP contribution in [0.25, 0.3) is 0 Å². The Hall–Kier alpha value is -1.16. The predicted molar refractivity (Wildman–Crippen MR) is 110 cm³/mol. The Labute approximate surface area is 166 Å². The highest BCUT2D eigenvalue weighted by Gasteiger charge is 2.25. The van der Waals surface area contributed by atoms with Crippen LogP contribution in [-0.4, -0.2) is 56.9 Å². The van der Waals surface area contributed by atoms with Gasteiger partial charge in [-0.1, -0.05) is 13.8 Å².